The van der Waals surface area contributed by atoms with Crippen LogP contribution in [-0.4, -0.2) is 20.4 Å². The summed E-state index contributed by atoms with van der Waals surface area (Å²) in [6.07, 6.45) is 10.6. The average molecular weight is 790 g/mol. The van der Waals surface area contributed by atoms with Gasteiger partial charge in [0.05, 0.1) is 45.7 Å². The lowest BCUT2D eigenvalue weighted by Gasteiger charge is -2.19. The average Bonchev–Trinajstić information content (AvgIpc) is 3.67. The van der Waals surface area contributed by atoms with Crippen LogP contribution in [0.25, 0.3) is 42.7 Å². The van der Waals surface area contributed by atoms with Gasteiger partial charge in [-0.05, 0) is 12.8 Å². The lowest BCUT2D eigenvalue weighted by molar-refractivity contribution is 0.663. The van der Waals surface area contributed by atoms with Gasteiger partial charge in [-0.15, -0.1) is 20.4 Å². The third-order valence-corrected chi connectivity index (χ3v) is 12.8. The van der Waals surface area contributed by atoms with Crippen molar-refractivity contribution < 1.29 is 0 Å². The molecule has 0 aliphatic carbocycles. The van der Waals surface area contributed by atoms with Gasteiger partial charge in [0.1, 0.15) is 15.0 Å². The number of fused-ring (bicyclic) bond motifs is 3. The number of rotatable bonds is 12. The zero-order valence-electron chi connectivity index (χ0n) is 23.7. The van der Waals surface area contributed by atoms with Crippen LogP contribution in [0.1, 0.15) is 75.2 Å². The summed E-state index contributed by atoms with van der Waals surface area (Å²) in [7, 11) is 0. The van der Waals surface area contributed by atoms with Crippen LogP contribution in [0.4, 0.5) is 0 Å². The summed E-state index contributed by atoms with van der Waals surface area (Å²) >= 11 is 58.4. The van der Waals surface area contributed by atoms with Gasteiger partial charge in [0.25, 0.3) is 0 Å². The minimum atomic E-state index is 0.111. The van der Waals surface area contributed by atoms with Gasteiger partial charge in [-0.25, -0.2) is 0 Å². The minimum Gasteiger partial charge on any atom is -0.143 e. The van der Waals surface area contributed by atoms with Crippen molar-refractivity contribution in [2.75, 3.05) is 0 Å². The molecule has 0 aliphatic rings. The molecule has 2 aromatic heterocycles. The molecule has 0 aliphatic heterocycles. The molecule has 0 fully saturated rings. The van der Waals surface area contributed by atoms with Crippen molar-refractivity contribution >= 4 is 137 Å². The van der Waals surface area contributed by atoms with Crippen molar-refractivity contribution in [1.29, 1.82) is 0 Å². The maximum atomic E-state index is 7.07. The van der Waals surface area contributed by atoms with Gasteiger partial charge < -0.3 is 0 Å². The molecule has 0 atom stereocenters. The summed E-state index contributed by atoms with van der Waals surface area (Å²) in [4.78, 5) is 0. The Morgan fingerprint density at radius 2 is 0.841 bits per heavy atom. The van der Waals surface area contributed by atoms with E-state index in [9.17, 15) is 0 Å². The van der Waals surface area contributed by atoms with E-state index in [0.29, 0.717) is 42.7 Å². The number of nitrogens with zero attached hydrogens (tertiary/aromatic N) is 4. The normalized spacial score (nSPS) is 11.9. The Morgan fingerprint density at radius 3 is 1.39 bits per heavy atom. The number of unbranched alkanes of at least 4 members (excludes halogenated alkanes) is 6. The summed E-state index contributed by atoms with van der Waals surface area (Å²) in [6.45, 7) is 4.35. The third-order valence-electron chi connectivity index (χ3n) is 7.38. The van der Waals surface area contributed by atoms with E-state index in [-0.39, 0.29) is 40.2 Å². The highest BCUT2D eigenvalue weighted by atomic mass is 35.5. The maximum absolute atomic E-state index is 7.07. The molecule has 2 heterocycles. The molecule has 0 radical (unpaired) electrons. The number of hydrogen-bond acceptors (Lipinski definition) is 6. The number of halogens is 8. The lowest BCUT2D eigenvalue weighted by atomic mass is 9.96. The molecular formula is C30H26Cl8N4S2. The second-order valence-electron chi connectivity index (χ2n) is 10.4. The van der Waals surface area contributed by atoms with Gasteiger partial charge in [-0.1, -0.05) is 168 Å². The van der Waals surface area contributed by atoms with E-state index < -0.39 is 0 Å². The lowest BCUT2D eigenvalue weighted by Crippen LogP contribution is -1.94. The van der Waals surface area contributed by atoms with Crippen molar-refractivity contribution in [2.24, 2.45) is 0 Å². The first kappa shape index (κ1) is 34.9. The van der Waals surface area contributed by atoms with Crippen molar-refractivity contribution in [2.45, 2.75) is 78.1 Å². The zero-order chi connectivity index (χ0) is 31.7. The molecular weight excluding hydrogens is 764 g/mol. The Kier molecular flexibility index (Phi) is 12.1. The Balaban J connectivity index is 1.72. The molecule has 0 bridgehead atoms. The predicted molar refractivity (Wildman–Crippen MR) is 195 cm³/mol. The first-order valence-corrected chi connectivity index (χ1v) is 18.9. The van der Waals surface area contributed by atoms with E-state index in [1.165, 1.54) is 35.5 Å². The van der Waals surface area contributed by atoms with E-state index in [0.717, 1.165) is 61.4 Å². The molecule has 0 amide bonds. The van der Waals surface area contributed by atoms with Gasteiger partial charge in [-0.2, -0.15) is 0 Å². The number of benzene rings is 3. The van der Waals surface area contributed by atoms with Crippen LogP contribution in [0.5, 0.6) is 0 Å². The highest BCUT2D eigenvalue weighted by Crippen LogP contribution is 2.57. The Hall–Kier alpha value is -0.380. The summed E-state index contributed by atoms with van der Waals surface area (Å²) < 4.78 is 0. The second kappa shape index (κ2) is 15.2. The standard InChI is InChI=1S/C30H26Cl8N4S2/c1-3-5-7-9-11-13-39-41-29(43-13)19-17-15(24(34)28(38)26(19)36)16-18(25(35)23(17)33)21(31)20(27(37)22(16)32)30-42-40-14(44-30)12-10-8-6-4-2/h3-12H2,1-2H3. The molecule has 234 valence electrons. The molecule has 5 rings (SSSR count). The van der Waals surface area contributed by atoms with E-state index >= 15 is 0 Å². The van der Waals surface area contributed by atoms with Crippen LogP contribution in [0.15, 0.2) is 0 Å². The van der Waals surface area contributed by atoms with Crippen LogP contribution in [0.2, 0.25) is 40.2 Å². The van der Waals surface area contributed by atoms with E-state index in [1.807, 2.05) is 0 Å². The van der Waals surface area contributed by atoms with Crippen LogP contribution in [0.3, 0.4) is 0 Å². The first-order valence-electron chi connectivity index (χ1n) is 14.2. The van der Waals surface area contributed by atoms with Crippen LogP contribution >= 0.6 is 115 Å². The smallest absolute Gasteiger partial charge is 0.143 e. The Morgan fingerprint density at radius 1 is 0.409 bits per heavy atom. The van der Waals surface area contributed by atoms with Crippen LogP contribution in [-0.2, 0) is 12.8 Å². The van der Waals surface area contributed by atoms with Gasteiger partial charge in [0.2, 0.25) is 0 Å². The molecule has 0 saturated heterocycles. The molecule has 44 heavy (non-hydrogen) atoms. The van der Waals surface area contributed by atoms with Gasteiger partial charge in [-0.3, -0.25) is 0 Å². The molecule has 5 aromatic rings. The quantitative estimate of drug-likeness (QED) is 0.0547. The van der Waals surface area contributed by atoms with Gasteiger partial charge in [0, 0.05) is 39.9 Å². The number of aryl methyl sites for hydroxylation is 2. The maximum Gasteiger partial charge on any atom is 0.150 e. The van der Waals surface area contributed by atoms with E-state index in [2.05, 4.69) is 34.2 Å². The Bertz CT molecular complexity index is 1850. The van der Waals surface area contributed by atoms with Crippen LogP contribution < -0.4 is 0 Å². The molecule has 14 heteroatoms. The summed E-state index contributed by atoms with van der Waals surface area (Å²) in [5, 5.41) is 23.4. The molecule has 0 saturated carbocycles. The van der Waals surface area contributed by atoms with Gasteiger partial charge >= 0.3 is 0 Å². The second-order valence-corrected chi connectivity index (χ2v) is 15.5. The number of hydrogen-bond donors (Lipinski definition) is 0. The fraction of sp³-hybridized carbons (Fsp3) is 0.400. The highest BCUT2D eigenvalue weighted by molar-refractivity contribution is 7.15. The zero-order valence-corrected chi connectivity index (χ0v) is 31.4. The number of aromatic nitrogens is 4. The fourth-order valence-corrected chi connectivity index (χ4v) is 9.59. The Labute approximate surface area is 304 Å². The third kappa shape index (κ3) is 6.65. The first-order chi connectivity index (χ1) is 21.1. The van der Waals surface area contributed by atoms with Crippen molar-refractivity contribution in [3.8, 4) is 21.1 Å². The molecule has 4 nitrogen and oxygen atoms in total. The SMILES string of the molecule is CCCCCCc1nnc(-c2c(Cl)c(Cl)c3c(c2Cl)c(Cl)c(Cl)c2c(-c4nnc(CCCCCC)s4)c(Cl)c(Cl)c(Cl)c23)s1. The van der Waals surface area contributed by atoms with E-state index in [1.54, 1.807) is 0 Å². The summed E-state index contributed by atoms with van der Waals surface area (Å²) in [5.41, 5.74) is 0.889. The molecule has 0 unspecified atom stereocenters. The summed E-state index contributed by atoms with van der Waals surface area (Å²) in [5.74, 6) is 0. The fourth-order valence-electron chi connectivity index (χ4n) is 5.14. The van der Waals surface area contributed by atoms with Gasteiger partial charge in [0.15, 0.2) is 5.01 Å². The predicted octanol–water partition coefficient (Wildman–Crippen LogP) is 14.5. The van der Waals surface area contributed by atoms with Crippen molar-refractivity contribution in [3.05, 3.63) is 50.2 Å². The van der Waals surface area contributed by atoms with Crippen molar-refractivity contribution in [1.82, 2.24) is 20.4 Å². The van der Waals surface area contributed by atoms with Crippen molar-refractivity contribution in [3.63, 3.8) is 0 Å². The van der Waals surface area contributed by atoms with E-state index in [4.69, 9.17) is 92.8 Å². The van der Waals surface area contributed by atoms with Crippen LogP contribution in [0, 0.1) is 0 Å². The minimum absolute atomic E-state index is 0.111. The summed E-state index contributed by atoms with van der Waals surface area (Å²) in [6, 6.07) is 0. The highest BCUT2D eigenvalue weighted by Gasteiger charge is 2.30. The monoisotopic (exact) mass is 786 g/mol. The largest absolute Gasteiger partial charge is 0.150 e. The topological polar surface area (TPSA) is 51.6 Å². The molecule has 3 aromatic carbocycles. The molecule has 0 spiro atoms. The molecule has 0 N–H and O–H groups in total.